The van der Waals surface area contributed by atoms with Gasteiger partial charge in [0.2, 0.25) is 0 Å². The summed E-state index contributed by atoms with van der Waals surface area (Å²) in [5, 5.41) is 0. The van der Waals surface area contributed by atoms with Crippen LogP contribution in [-0.4, -0.2) is 17.4 Å². The molecule has 23 heavy (non-hydrogen) atoms. The van der Waals surface area contributed by atoms with Gasteiger partial charge in [-0.05, 0) is 48.3 Å². The van der Waals surface area contributed by atoms with E-state index in [1.165, 1.54) is 12.5 Å². The monoisotopic (exact) mass is 318 g/mol. The molecule has 3 nitrogen and oxygen atoms in total. The van der Waals surface area contributed by atoms with Gasteiger partial charge < -0.3 is 4.74 Å². The van der Waals surface area contributed by atoms with Crippen LogP contribution in [0.2, 0.25) is 0 Å². The first kappa shape index (κ1) is 16.7. The molecule has 0 aromatic rings. The highest BCUT2D eigenvalue weighted by molar-refractivity contribution is 6.00. The first-order valence-electron chi connectivity index (χ1n) is 8.81. The maximum Gasteiger partial charge on any atom is 0.303 e. The zero-order valence-corrected chi connectivity index (χ0v) is 15.5. The number of rotatable bonds is 1. The molecule has 0 aliphatic heterocycles. The molecule has 0 spiro atoms. The number of ketones is 1. The lowest BCUT2D eigenvalue weighted by Gasteiger charge is -2.58. The van der Waals surface area contributed by atoms with Gasteiger partial charge in [0.15, 0.2) is 5.78 Å². The Morgan fingerprint density at radius 3 is 2.17 bits per heavy atom. The Labute approximate surface area is 139 Å². The van der Waals surface area contributed by atoms with Crippen molar-refractivity contribution in [1.29, 1.82) is 0 Å². The fourth-order valence-corrected chi connectivity index (χ4v) is 6.20. The zero-order valence-electron chi connectivity index (χ0n) is 15.5. The minimum absolute atomic E-state index is 0.0187. The molecule has 128 valence electrons. The van der Waals surface area contributed by atoms with Crippen LogP contribution in [0.4, 0.5) is 0 Å². The number of esters is 1. The van der Waals surface area contributed by atoms with E-state index in [1.807, 2.05) is 0 Å². The third-order valence-electron chi connectivity index (χ3n) is 5.78. The standard InChI is InChI=1S/C20H30O3/c1-13(21)23-20-11-18(4,5)10-19(6,12-20)8-14-7-17(2,3)9-15(22)16(14)20/h7-12H2,1-6H3. The van der Waals surface area contributed by atoms with E-state index in [1.54, 1.807) is 0 Å². The fraction of sp³-hybridized carbons (Fsp3) is 0.800. The molecule has 2 atom stereocenters. The molecule has 0 heterocycles. The quantitative estimate of drug-likeness (QED) is 0.664. The molecule has 3 aliphatic rings. The van der Waals surface area contributed by atoms with E-state index in [-0.39, 0.29) is 28.0 Å². The largest absolute Gasteiger partial charge is 0.454 e. The van der Waals surface area contributed by atoms with E-state index in [0.29, 0.717) is 6.42 Å². The van der Waals surface area contributed by atoms with Crippen molar-refractivity contribution in [3.05, 3.63) is 11.1 Å². The van der Waals surface area contributed by atoms with Crippen molar-refractivity contribution in [2.75, 3.05) is 0 Å². The second kappa shape index (κ2) is 4.70. The number of fused-ring (bicyclic) bond motifs is 3. The Bertz CT molecular complexity index is 610. The Morgan fingerprint density at radius 2 is 1.57 bits per heavy atom. The van der Waals surface area contributed by atoms with E-state index < -0.39 is 5.60 Å². The predicted molar refractivity (Wildman–Crippen MR) is 89.9 cm³/mol. The lowest BCUT2D eigenvalue weighted by atomic mass is 9.49. The van der Waals surface area contributed by atoms with E-state index in [9.17, 15) is 9.59 Å². The highest BCUT2D eigenvalue weighted by Gasteiger charge is 2.59. The summed E-state index contributed by atoms with van der Waals surface area (Å²) in [5.74, 6) is -0.0614. The van der Waals surface area contributed by atoms with Crippen molar-refractivity contribution in [3.8, 4) is 0 Å². The molecule has 0 amide bonds. The molecule has 0 aromatic heterocycles. The van der Waals surface area contributed by atoms with Crippen LogP contribution >= 0.6 is 0 Å². The molecule has 1 saturated carbocycles. The van der Waals surface area contributed by atoms with Gasteiger partial charge in [-0.3, -0.25) is 9.59 Å². The summed E-state index contributed by atoms with van der Waals surface area (Å²) >= 11 is 0. The number of ether oxygens (including phenoxy) is 1. The molecule has 0 aromatic carbocycles. The van der Waals surface area contributed by atoms with Gasteiger partial charge in [0.1, 0.15) is 5.60 Å². The van der Waals surface area contributed by atoms with Gasteiger partial charge in [0.25, 0.3) is 0 Å². The normalized spacial score (nSPS) is 38.1. The molecule has 0 N–H and O–H groups in total. The highest BCUT2D eigenvalue weighted by atomic mass is 16.6. The van der Waals surface area contributed by atoms with Crippen molar-refractivity contribution in [3.63, 3.8) is 0 Å². The molecule has 3 aliphatic carbocycles. The molecular formula is C20H30O3. The summed E-state index contributed by atoms with van der Waals surface area (Å²) < 4.78 is 5.94. The van der Waals surface area contributed by atoms with Crippen molar-refractivity contribution in [2.45, 2.75) is 85.7 Å². The van der Waals surface area contributed by atoms with E-state index in [2.05, 4.69) is 34.6 Å². The third kappa shape index (κ3) is 2.88. The number of hydrogen-bond donors (Lipinski definition) is 0. The van der Waals surface area contributed by atoms with Crippen LogP contribution in [0, 0.1) is 16.2 Å². The van der Waals surface area contributed by atoms with Crippen molar-refractivity contribution in [2.24, 2.45) is 16.2 Å². The molecule has 2 bridgehead atoms. The van der Waals surface area contributed by atoms with Crippen molar-refractivity contribution >= 4 is 11.8 Å². The molecule has 3 heteroatoms. The van der Waals surface area contributed by atoms with Gasteiger partial charge in [0.05, 0.1) is 0 Å². The number of Topliss-reactive ketones (excluding diaryl/α,β-unsaturated/α-hetero) is 1. The van der Waals surface area contributed by atoms with Gasteiger partial charge >= 0.3 is 5.97 Å². The Balaban J connectivity index is 2.17. The summed E-state index contributed by atoms with van der Waals surface area (Å²) in [6.07, 6.45) is 5.17. The number of allylic oxidation sites excluding steroid dienone is 1. The molecular weight excluding hydrogens is 288 g/mol. The zero-order chi connectivity index (χ0) is 17.3. The van der Waals surface area contributed by atoms with Gasteiger partial charge in [-0.15, -0.1) is 0 Å². The minimum atomic E-state index is -0.691. The van der Waals surface area contributed by atoms with Crippen molar-refractivity contribution in [1.82, 2.24) is 0 Å². The van der Waals surface area contributed by atoms with Gasteiger partial charge in [-0.25, -0.2) is 0 Å². The maximum absolute atomic E-state index is 13.0. The molecule has 3 rings (SSSR count). The average Bonchev–Trinajstić information content (AvgIpc) is 2.18. The van der Waals surface area contributed by atoms with Crippen LogP contribution in [-0.2, 0) is 14.3 Å². The van der Waals surface area contributed by atoms with Crippen LogP contribution in [0.3, 0.4) is 0 Å². The van der Waals surface area contributed by atoms with Crippen LogP contribution in [0.25, 0.3) is 0 Å². The summed E-state index contributed by atoms with van der Waals surface area (Å²) in [6.45, 7) is 12.6. The summed E-state index contributed by atoms with van der Waals surface area (Å²) in [7, 11) is 0. The topological polar surface area (TPSA) is 43.4 Å². The van der Waals surface area contributed by atoms with E-state index in [4.69, 9.17) is 4.74 Å². The Hall–Kier alpha value is -1.12. The number of carbonyl (C=O) groups excluding carboxylic acids is 2. The third-order valence-corrected chi connectivity index (χ3v) is 5.78. The second-order valence-corrected chi connectivity index (χ2v) is 10.2. The van der Waals surface area contributed by atoms with Crippen LogP contribution in [0.5, 0.6) is 0 Å². The van der Waals surface area contributed by atoms with Crippen LogP contribution in [0.15, 0.2) is 11.1 Å². The Kier molecular flexibility index (Phi) is 3.42. The average molecular weight is 318 g/mol. The van der Waals surface area contributed by atoms with E-state index >= 15 is 0 Å². The Morgan fingerprint density at radius 1 is 0.913 bits per heavy atom. The highest BCUT2D eigenvalue weighted by Crippen LogP contribution is 2.62. The molecule has 1 fully saturated rings. The minimum Gasteiger partial charge on any atom is -0.454 e. The van der Waals surface area contributed by atoms with Gasteiger partial charge in [0, 0.05) is 18.9 Å². The second-order valence-electron chi connectivity index (χ2n) is 10.2. The lowest BCUT2D eigenvalue weighted by molar-refractivity contribution is -0.170. The van der Waals surface area contributed by atoms with Crippen molar-refractivity contribution < 1.29 is 14.3 Å². The maximum atomic E-state index is 13.0. The SMILES string of the molecule is CC(=O)OC12CC(C)(C)CC(C)(CC3=C1C(=O)CC(C)(C)C3)C2. The molecule has 2 unspecified atom stereocenters. The fourth-order valence-electron chi connectivity index (χ4n) is 6.20. The van der Waals surface area contributed by atoms with E-state index in [0.717, 1.165) is 37.7 Å². The van der Waals surface area contributed by atoms with Gasteiger partial charge in [-0.1, -0.05) is 40.2 Å². The first-order valence-corrected chi connectivity index (χ1v) is 8.81. The summed E-state index contributed by atoms with van der Waals surface area (Å²) in [6, 6.07) is 0. The van der Waals surface area contributed by atoms with Gasteiger partial charge in [-0.2, -0.15) is 0 Å². The summed E-state index contributed by atoms with van der Waals surface area (Å²) in [5.41, 5.74) is 1.64. The smallest absolute Gasteiger partial charge is 0.303 e. The van der Waals surface area contributed by atoms with Crippen LogP contribution < -0.4 is 0 Å². The first-order chi connectivity index (χ1) is 10.4. The lowest BCUT2D eigenvalue weighted by Crippen LogP contribution is -2.56. The molecule has 0 saturated heterocycles. The summed E-state index contributed by atoms with van der Waals surface area (Å²) in [4.78, 5) is 24.9. The van der Waals surface area contributed by atoms with Crippen LogP contribution in [0.1, 0.15) is 80.1 Å². The number of hydrogen-bond acceptors (Lipinski definition) is 3. The number of carbonyl (C=O) groups is 2. The molecule has 0 radical (unpaired) electrons. The predicted octanol–water partition coefficient (Wildman–Crippen LogP) is 4.59.